The van der Waals surface area contributed by atoms with E-state index >= 15 is 0 Å². The number of hydrogen-bond acceptors (Lipinski definition) is 4. The van der Waals surface area contributed by atoms with E-state index in [0.717, 1.165) is 35.3 Å². The fourth-order valence-corrected chi connectivity index (χ4v) is 2.54. The van der Waals surface area contributed by atoms with E-state index in [1.807, 2.05) is 0 Å². The highest BCUT2D eigenvalue weighted by molar-refractivity contribution is 5.97. The number of nitrogens with zero attached hydrogens (tertiary/aromatic N) is 3. The monoisotopic (exact) mass is 433 g/mol. The molecule has 0 aromatic heterocycles. The highest BCUT2D eigenvalue weighted by Gasteiger charge is 2.33. The van der Waals surface area contributed by atoms with Gasteiger partial charge in [-0.2, -0.15) is 31.4 Å². The lowest BCUT2D eigenvalue weighted by atomic mass is 10.1. The summed E-state index contributed by atoms with van der Waals surface area (Å²) in [6.45, 7) is -0.263. The molecular weight excluding hydrogens is 420 g/mol. The Bertz CT molecular complexity index is 957. The van der Waals surface area contributed by atoms with E-state index in [1.165, 1.54) is 6.07 Å². The molecule has 0 saturated carbocycles. The van der Waals surface area contributed by atoms with Crippen LogP contribution in [0, 0.1) is 0 Å². The fourth-order valence-electron chi connectivity index (χ4n) is 2.54. The van der Waals surface area contributed by atoms with E-state index in [2.05, 4.69) is 5.10 Å². The molecule has 160 valence electrons. The third-order valence-electron chi connectivity index (χ3n) is 4.03. The Morgan fingerprint density at radius 2 is 1.63 bits per heavy atom. The van der Waals surface area contributed by atoms with Crippen molar-refractivity contribution in [3.05, 3.63) is 65.2 Å². The number of hydroxylamine groups is 1. The molecule has 2 aromatic rings. The number of ether oxygens (including phenoxy) is 1. The van der Waals surface area contributed by atoms with Crippen LogP contribution in [0.5, 0.6) is 0 Å². The minimum Gasteiger partial charge on any atom is -0.474 e. The summed E-state index contributed by atoms with van der Waals surface area (Å²) in [6, 6.07) is 6.11. The molecule has 0 saturated heterocycles. The number of hydrazone groups is 1. The van der Waals surface area contributed by atoms with Crippen molar-refractivity contribution in [1.29, 1.82) is 0 Å². The summed E-state index contributed by atoms with van der Waals surface area (Å²) in [7, 11) is 0. The highest BCUT2D eigenvalue weighted by atomic mass is 19.4. The number of carbonyl (C=O) groups excluding carboxylic acids is 1. The van der Waals surface area contributed by atoms with Gasteiger partial charge in [-0.05, 0) is 42.5 Å². The average Bonchev–Trinajstić information content (AvgIpc) is 2.72. The zero-order valence-corrected chi connectivity index (χ0v) is 14.9. The molecular formula is C18H13F6N3O3. The van der Waals surface area contributed by atoms with Crippen molar-refractivity contribution < 1.29 is 41.1 Å². The van der Waals surface area contributed by atoms with Crippen molar-refractivity contribution in [2.75, 3.05) is 18.2 Å². The number of rotatable bonds is 2. The molecule has 1 aliphatic heterocycles. The maximum Gasteiger partial charge on any atom is 0.416 e. The molecule has 1 aliphatic rings. The van der Waals surface area contributed by atoms with Crippen LogP contribution in [0.3, 0.4) is 0 Å². The maximum absolute atomic E-state index is 12.9. The second-order valence-electron chi connectivity index (χ2n) is 6.09. The number of hydrogen-bond donors (Lipinski definition) is 1. The van der Waals surface area contributed by atoms with Gasteiger partial charge >= 0.3 is 18.4 Å². The van der Waals surface area contributed by atoms with Gasteiger partial charge in [-0.15, -0.1) is 5.10 Å². The highest BCUT2D eigenvalue weighted by Crippen LogP contribution is 2.31. The quantitative estimate of drug-likeness (QED) is 0.423. The third kappa shape index (κ3) is 4.64. The molecule has 0 spiro atoms. The van der Waals surface area contributed by atoms with E-state index in [-0.39, 0.29) is 35.4 Å². The first-order valence-electron chi connectivity index (χ1n) is 8.33. The van der Waals surface area contributed by atoms with Gasteiger partial charge in [0.2, 0.25) is 5.90 Å². The van der Waals surface area contributed by atoms with Crippen molar-refractivity contribution in [2.24, 2.45) is 5.10 Å². The lowest BCUT2D eigenvalue weighted by molar-refractivity contribution is -0.138. The molecule has 2 amide bonds. The Morgan fingerprint density at radius 1 is 1.00 bits per heavy atom. The summed E-state index contributed by atoms with van der Waals surface area (Å²) in [6.07, 6.45) is -9.18. The fraction of sp³-hybridized carbons (Fsp3) is 0.222. The first-order valence-corrected chi connectivity index (χ1v) is 8.33. The molecule has 1 N–H and O–H groups in total. The van der Waals surface area contributed by atoms with Gasteiger partial charge in [-0.1, -0.05) is 6.07 Å². The largest absolute Gasteiger partial charge is 0.474 e. The van der Waals surface area contributed by atoms with Crippen molar-refractivity contribution in [3.8, 4) is 0 Å². The molecule has 0 fully saturated rings. The van der Waals surface area contributed by atoms with Crippen LogP contribution >= 0.6 is 0 Å². The number of anilines is 1. The topological polar surface area (TPSA) is 65.4 Å². The number of halogens is 6. The summed E-state index contributed by atoms with van der Waals surface area (Å²) in [5.74, 6) is -0.276. The van der Waals surface area contributed by atoms with E-state index in [1.54, 1.807) is 0 Å². The second kappa shape index (κ2) is 7.86. The number of amides is 2. The summed E-state index contributed by atoms with van der Waals surface area (Å²) < 4.78 is 81.7. The van der Waals surface area contributed by atoms with Crippen molar-refractivity contribution in [3.63, 3.8) is 0 Å². The molecule has 0 bridgehead atoms. The predicted molar refractivity (Wildman–Crippen MR) is 91.7 cm³/mol. The van der Waals surface area contributed by atoms with Crippen LogP contribution in [0.4, 0.5) is 36.8 Å². The normalized spacial score (nSPS) is 14.8. The van der Waals surface area contributed by atoms with Crippen LogP contribution in [-0.2, 0) is 17.1 Å². The summed E-state index contributed by atoms with van der Waals surface area (Å²) >= 11 is 0. The Balaban J connectivity index is 1.81. The van der Waals surface area contributed by atoms with Gasteiger partial charge in [-0.3, -0.25) is 5.21 Å². The van der Waals surface area contributed by atoms with Gasteiger partial charge in [0, 0.05) is 5.56 Å². The van der Waals surface area contributed by atoms with Crippen LogP contribution in [-0.4, -0.2) is 35.3 Å². The van der Waals surface area contributed by atoms with Gasteiger partial charge in [0.05, 0.1) is 23.4 Å². The summed E-state index contributed by atoms with van der Waals surface area (Å²) in [5.41, 5.74) is -2.21. The molecule has 12 heteroatoms. The van der Waals surface area contributed by atoms with E-state index in [0.29, 0.717) is 12.1 Å². The third-order valence-corrected chi connectivity index (χ3v) is 4.03. The van der Waals surface area contributed by atoms with Crippen LogP contribution in [0.25, 0.3) is 0 Å². The van der Waals surface area contributed by atoms with Crippen LogP contribution in [0.15, 0.2) is 53.6 Å². The van der Waals surface area contributed by atoms with Crippen LogP contribution in [0.2, 0.25) is 0 Å². The average molecular weight is 433 g/mol. The van der Waals surface area contributed by atoms with Crippen molar-refractivity contribution >= 4 is 17.6 Å². The van der Waals surface area contributed by atoms with Gasteiger partial charge in [-0.25, -0.2) is 9.80 Å². The van der Waals surface area contributed by atoms with Crippen molar-refractivity contribution in [2.45, 2.75) is 12.4 Å². The Morgan fingerprint density at radius 3 is 2.23 bits per heavy atom. The zero-order chi connectivity index (χ0) is 22.1. The van der Waals surface area contributed by atoms with E-state index in [4.69, 9.17) is 4.74 Å². The standard InChI is InChI=1S/C18H13F6N3O3/c19-17(20,21)12-4-6-14(7-5-12)27(29)16(28)26-8-9-30-15(25-26)11-2-1-3-13(10-11)18(22,23)24/h1-7,10,29H,8-9H2. The SMILES string of the molecule is O=C(N1CCOC(c2cccc(C(F)(F)F)c2)=N1)N(O)c1ccc(C(F)(F)F)cc1. The molecule has 0 radical (unpaired) electrons. The van der Waals surface area contributed by atoms with Gasteiger partial charge in [0.1, 0.15) is 6.61 Å². The lowest BCUT2D eigenvalue weighted by Gasteiger charge is -2.27. The first-order chi connectivity index (χ1) is 14.0. The van der Waals surface area contributed by atoms with E-state index < -0.39 is 29.5 Å². The number of urea groups is 1. The smallest absolute Gasteiger partial charge is 0.416 e. The van der Waals surface area contributed by atoms with Crippen molar-refractivity contribution in [1.82, 2.24) is 5.01 Å². The summed E-state index contributed by atoms with van der Waals surface area (Å²) in [5, 5.41) is 14.7. The maximum atomic E-state index is 12.9. The Labute approximate surface area is 165 Å². The van der Waals surface area contributed by atoms with Crippen LogP contribution < -0.4 is 5.06 Å². The minimum atomic E-state index is -4.59. The molecule has 30 heavy (non-hydrogen) atoms. The number of carbonyl (C=O) groups is 1. The van der Waals surface area contributed by atoms with Gasteiger partial charge in [0.15, 0.2) is 0 Å². The molecule has 0 unspecified atom stereocenters. The predicted octanol–water partition coefficient (Wildman–Crippen LogP) is 4.73. The molecule has 0 atom stereocenters. The van der Waals surface area contributed by atoms with Gasteiger partial charge < -0.3 is 4.74 Å². The number of alkyl halides is 6. The Kier molecular flexibility index (Phi) is 5.61. The van der Waals surface area contributed by atoms with Crippen LogP contribution in [0.1, 0.15) is 16.7 Å². The van der Waals surface area contributed by atoms with Gasteiger partial charge in [0.25, 0.3) is 0 Å². The molecule has 0 aliphatic carbocycles. The first kappa shape index (κ1) is 21.4. The number of benzene rings is 2. The lowest BCUT2D eigenvalue weighted by Crippen LogP contribution is -2.43. The second-order valence-corrected chi connectivity index (χ2v) is 6.09. The zero-order valence-electron chi connectivity index (χ0n) is 14.9. The molecule has 6 nitrogen and oxygen atoms in total. The van der Waals surface area contributed by atoms with E-state index in [9.17, 15) is 36.3 Å². The summed E-state index contributed by atoms with van der Waals surface area (Å²) in [4.78, 5) is 12.4. The minimum absolute atomic E-state index is 0.0404. The molecule has 3 rings (SSSR count). The molecule has 1 heterocycles. The Hall–Kier alpha value is -3.28. The molecule has 2 aromatic carbocycles.